The van der Waals surface area contributed by atoms with Crippen molar-refractivity contribution in [1.82, 2.24) is 0 Å². The molecule has 3 nitrogen and oxygen atoms in total. The third kappa shape index (κ3) is 5.92. The molecular formula is C15H18O3. The zero-order valence-corrected chi connectivity index (χ0v) is 10.4. The molecular weight excluding hydrogens is 228 g/mol. The Morgan fingerprint density at radius 3 is 2.06 bits per heavy atom. The lowest BCUT2D eigenvalue weighted by Gasteiger charge is -2.01. The monoisotopic (exact) mass is 246 g/mol. The number of aryl methyl sites for hydroxylation is 1. The number of aromatic hydroxyl groups is 1. The summed E-state index contributed by atoms with van der Waals surface area (Å²) < 4.78 is 5.11. The molecule has 0 fully saturated rings. The minimum Gasteiger partial charge on any atom is -0.508 e. The van der Waals surface area contributed by atoms with Crippen molar-refractivity contribution in [3.05, 3.63) is 60.2 Å². The fourth-order valence-corrected chi connectivity index (χ4v) is 1.22. The normalized spacial score (nSPS) is 9.22. The Hall–Kier alpha value is -2.00. The van der Waals surface area contributed by atoms with Crippen LogP contribution < -0.4 is 4.74 Å². The highest BCUT2D eigenvalue weighted by molar-refractivity contribution is 5.24. The third-order valence-electron chi connectivity index (χ3n) is 2.14. The molecule has 2 aromatic carbocycles. The molecule has 0 aromatic heterocycles. The van der Waals surface area contributed by atoms with E-state index in [0.717, 1.165) is 5.75 Å². The Morgan fingerprint density at radius 1 is 0.944 bits per heavy atom. The zero-order chi connectivity index (χ0) is 13.2. The molecule has 0 aliphatic rings. The van der Waals surface area contributed by atoms with Gasteiger partial charge in [-0.05, 0) is 31.2 Å². The molecule has 0 unspecified atom stereocenters. The van der Waals surface area contributed by atoms with E-state index in [1.54, 1.807) is 12.1 Å². The number of benzene rings is 2. The molecule has 3 heteroatoms. The second-order valence-electron chi connectivity index (χ2n) is 3.72. The maximum atomic E-state index is 8.76. The molecule has 0 amide bonds. The van der Waals surface area contributed by atoms with Gasteiger partial charge >= 0.3 is 0 Å². The van der Waals surface area contributed by atoms with E-state index in [2.05, 4.69) is 0 Å². The van der Waals surface area contributed by atoms with Gasteiger partial charge in [-0.3, -0.25) is 0 Å². The Morgan fingerprint density at radius 2 is 1.56 bits per heavy atom. The Labute approximate surface area is 107 Å². The van der Waals surface area contributed by atoms with Crippen LogP contribution in [0.1, 0.15) is 5.56 Å². The molecule has 0 radical (unpaired) electrons. The minimum atomic E-state index is 0.0644. The summed E-state index contributed by atoms with van der Waals surface area (Å²) >= 11 is 0. The molecule has 2 N–H and O–H groups in total. The fraction of sp³-hybridized carbons (Fsp3) is 0.200. The summed E-state index contributed by atoms with van der Waals surface area (Å²) in [6.45, 7) is 2.42. The van der Waals surface area contributed by atoms with Crippen LogP contribution in [0.4, 0.5) is 0 Å². The van der Waals surface area contributed by atoms with Gasteiger partial charge < -0.3 is 14.9 Å². The largest absolute Gasteiger partial charge is 0.508 e. The van der Waals surface area contributed by atoms with Gasteiger partial charge in [-0.2, -0.15) is 0 Å². The van der Waals surface area contributed by atoms with Crippen molar-refractivity contribution >= 4 is 0 Å². The van der Waals surface area contributed by atoms with Gasteiger partial charge in [0.2, 0.25) is 0 Å². The lowest BCUT2D eigenvalue weighted by Crippen LogP contribution is -2.00. The number of hydrogen-bond donors (Lipinski definition) is 2. The van der Waals surface area contributed by atoms with Gasteiger partial charge in [0.1, 0.15) is 18.1 Å². The van der Waals surface area contributed by atoms with Crippen LogP contribution in [0.15, 0.2) is 54.6 Å². The molecule has 2 aromatic rings. The number of rotatable bonds is 3. The summed E-state index contributed by atoms with van der Waals surface area (Å²) in [6, 6.07) is 16.5. The predicted octanol–water partition coefficient (Wildman–Crippen LogP) is 2.76. The summed E-state index contributed by atoms with van der Waals surface area (Å²) in [5, 5.41) is 17.2. The van der Waals surface area contributed by atoms with Crippen molar-refractivity contribution in [3.8, 4) is 11.5 Å². The number of aliphatic hydroxyl groups excluding tert-OH is 1. The van der Waals surface area contributed by atoms with Gasteiger partial charge in [0, 0.05) is 0 Å². The number of aliphatic hydroxyl groups is 1. The van der Waals surface area contributed by atoms with Crippen LogP contribution >= 0.6 is 0 Å². The standard InChI is InChI=1S/C8H10O2.C7H8O/c9-6-7-10-8-4-2-1-3-5-8;1-6-2-4-7(8)5-3-6/h1-5,9H,6-7H2;2-5,8H,1H3. The fourth-order valence-electron chi connectivity index (χ4n) is 1.22. The zero-order valence-electron chi connectivity index (χ0n) is 10.4. The Kier molecular flexibility index (Phi) is 6.36. The Balaban J connectivity index is 0.000000184. The molecule has 2 rings (SSSR count). The van der Waals surface area contributed by atoms with E-state index in [4.69, 9.17) is 14.9 Å². The van der Waals surface area contributed by atoms with Crippen molar-refractivity contribution in [3.63, 3.8) is 0 Å². The van der Waals surface area contributed by atoms with E-state index in [9.17, 15) is 0 Å². The van der Waals surface area contributed by atoms with E-state index < -0.39 is 0 Å². The van der Waals surface area contributed by atoms with Crippen LogP contribution in [0.25, 0.3) is 0 Å². The Bertz CT molecular complexity index is 402. The summed E-state index contributed by atoms with van der Waals surface area (Å²) in [5.41, 5.74) is 1.17. The van der Waals surface area contributed by atoms with Gasteiger partial charge in [0.15, 0.2) is 0 Å². The van der Waals surface area contributed by atoms with Gasteiger partial charge in [-0.25, -0.2) is 0 Å². The molecule has 18 heavy (non-hydrogen) atoms. The molecule has 0 atom stereocenters. The quantitative estimate of drug-likeness (QED) is 0.875. The molecule has 0 bridgehead atoms. The van der Waals surface area contributed by atoms with E-state index in [0.29, 0.717) is 12.4 Å². The van der Waals surface area contributed by atoms with Gasteiger partial charge in [0.25, 0.3) is 0 Å². The van der Waals surface area contributed by atoms with E-state index >= 15 is 0 Å². The lowest BCUT2D eigenvalue weighted by atomic mass is 10.2. The average molecular weight is 246 g/mol. The van der Waals surface area contributed by atoms with Crippen LogP contribution in [0.5, 0.6) is 11.5 Å². The summed E-state index contributed by atoms with van der Waals surface area (Å²) in [6.07, 6.45) is 0. The van der Waals surface area contributed by atoms with Crippen molar-refractivity contribution in [2.45, 2.75) is 6.92 Å². The van der Waals surface area contributed by atoms with Crippen molar-refractivity contribution in [2.75, 3.05) is 13.2 Å². The third-order valence-corrected chi connectivity index (χ3v) is 2.14. The van der Waals surface area contributed by atoms with Gasteiger partial charge in [-0.1, -0.05) is 35.9 Å². The average Bonchev–Trinajstić information content (AvgIpc) is 2.42. The second-order valence-corrected chi connectivity index (χ2v) is 3.72. The van der Waals surface area contributed by atoms with E-state index in [1.807, 2.05) is 49.4 Å². The van der Waals surface area contributed by atoms with Crippen LogP contribution in [-0.2, 0) is 0 Å². The highest BCUT2D eigenvalue weighted by atomic mass is 16.5. The minimum absolute atomic E-state index is 0.0644. The van der Waals surface area contributed by atoms with E-state index in [1.165, 1.54) is 5.56 Å². The lowest BCUT2D eigenvalue weighted by molar-refractivity contribution is 0.201. The van der Waals surface area contributed by atoms with Crippen LogP contribution in [0.3, 0.4) is 0 Å². The topological polar surface area (TPSA) is 49.7 Å². The molecule has 0 aliphatic carbocycles. The summed E-state index contributed by atoms with van der Waals surface area (Å²) in [5.74, 6) is 1.13. The smallest absolute Gasteiger partial charge is 0.119 e. The van der Waals surface area contributed by atoms with Crippen LogP contribution in [0.2, 0.25) is 0 Å². The van der Waals surface area contributed by atoms with Crippen molar-refractivity contribution < 1.29 is 14.9 Å². The van der Waals surface area contributed by atoms with Crippen LogP contribution in [0, 0.1) is 6.92 Å². The molecule has 0 spiro atoms. The number of phenols is 1. The number of phenolic OH excluding ortho intramolecular Hbond substituents is 1. The predicted molar refractivity (Wildman–Crippen MR) is 71.9 cm³/mol. The molecule has 0 saturated heterocycles. The first-order valence-corrected chi connectivity index (χ1v) is 5.76. The number of hydrogen-bond acceptors (Lipinski definition) is 3. The van der Waals surface area contributed by atoms with E-state index in [-0.39, 0.29) is 6.61 Å². The van der Waals surface area contributed by atoms with Crippen molar-refractivity contribution in [2.24, 2.45) is 0 Å². The number of ether oxygens (including phenoxy) is 1. The maximum absolute atomic E-state index is 8.76. The summed E-state index contributed by atoms with van der Waals surface area (Å²) in [4.78, 5) is 0. The summed E-state index contributed by atoms with van der Waals surface area (Å²) in [7, 11) is 0. The molecule has 0 aliphatic heterocycles. The maximum Gasteiger partial charge on any atom is 0.119 e. The first-order valence-electron chi connectivity index (χ1n) is 5.76. The SMILES string of the molecule is Cc1ccc(O)cc1.OCCOc1ccccc1. The molecule has 0 heterocycles. The highest BCUT2D eigenvalue weighted by Gasteiger charge is 1.87. The molecule has 96 valence electrons. The molecule has 0 saturated carbocycles. The van der Waals surface area contributed by atoms with Crippen LogP contribution in [-0.4, -0.2) is 23.4 Å². The van der Waals surface area contributed by atoms with Crippen molar-refractivity contribution in [1.29, 1.82) is 0 Å². The first-order chi connectivity index (χ1) is 8.72. The van der Waals surface area contributed by atoms with Gasteiger partial charge in [-0.15, -0.1) is 0 Å². The van der Waals surface area contributed by atoms with Gasteiger partial charge in [0.05, 0.1) is 6.61 Å². The first kappa shape index (κ1) is 14.1. The second kappa shape index (κ2) is 8.14. The highest BCUT2D eigenvalue weighted by Crippen LogP contribution is 2.07. The number of para-hydroxylation sites is 1.